The molecule has 1 heterocycles. The summed E-state index contributed by atoms with van der Waals surface area (Å²) in [4.78, 5) is 42.0. The van der Waals surface area contributed by atoms with Crippen LogP contribution < -0.4 is 35.9 Å². The van der Waals surface area contributed by atoms with Crippen molar-refractivity contribution in [3.05, 3.63) is 93.5 Å². The second kappa shape index (κ2) is 13.3. The van der Waals surface area contributed by atoms with Crippen molar-refractivity contribution < 1.29 is 28.6 Å². The van der Waals surface area contributed by atoms with Gasteiger partial charge in [-0.2, -0.15) is 4.37 Å². The number of amides is 3. The predicted molar refractivity (Wildman–Crippen MR) is 165 cm³/mol. The molecule has 4 aromatic rings. The summed E-state index contributed by atoms with van der Waals surface area (Å²) in [5.74, 6) is -1.11. The Kier molecular flexibility index (Phi) is 9.51. The second-order valence-electron chi connectivity index (χ2n) is 9.67. The first-order chi connectivity index (χ1) is 20.6. The number of methoxy groups -OCH3 is 3. The first-order valence-electron chi connectivity index (χ1n) is 13.2. The van der Waals surface area contributed by atoms with Gasteiger partial charge in [0.1, 0.15) is 10.9 Å². The summed E-state index contributed by atoms with van der Waals surface area (Å²) < 4.78 is 20.7. The van der Waals surface area contributed by atoms with E-state index in [0.717, 1.165) is 28.2 Å². The Morgan fingerprint density at radius 1 is 0.953 bits per heavy atom. The maximum Gasteiger partial charge on any atom is 0.273 e. The molecule has 0 saturated heterocycles. The number of nitrogens with zero attached hydrogens (tertiary/aromatic N) is 2. The molecular formula is C31H33N5O6S. The largest absolute Gasteiger partial charge is 0.493 e. The number of carbonyl (C=O) groups excluding carboxylic acids is 3. The number of hydrogen-bond donors (Lipinski definition) is 3. The van der Waals surface area contributed by atoms with E-state index in [-0.39, 0.29) is 22.8 Å². The highest BCUT2D eigenvalue weighted by Crippen LogP contribution is 2.43. The van der Waals surface area contributed by atoms with E-state index in [4.69, 9.17) is 25.7 Å². The molecule has 0 unspecified atom stereocenters. The highest BCUT2D eigenvalue weighted by atomic mass is 32.1. The summed E-state index contributed by atoms with van der Waals surface area (Å²) in [7, 11) is 4.39. The number of nitrogen functional groups attached to an aromatic ring is 1. The minimum Gasteiger partial charge on any atom is -0.493 e. The van der Waals surface area contributed by atoms with Crippen LogP contribution in [-0.2, 0) is 11.3 Å². The fourth-order valence-electron chi connectivity index (χ4n) is 4.74. The molecule has 12 heteroatoms. The third kappa shape index (κ3) is 6.38. The van der Waals surface area contributed by atoms with Crippen LogP contribution in [0.25, 0.3) is 0 Å². The summed E-state index contributed by atoms with van der Waals surface area (Å²) in [5, 5.41) is 2.96. The normalized spacial score (nSPS) is 11.4. The molecule has 0 spiro atoms. The quantitative estimate of drug-likeness (QED) is 0.230. The van der Waals surface area contributed by atoms with Gasteiger partial charge in [-0.1, -0.05) is 48.0 Å². The Hall–Kier alpha value is -5.10. The molecule has 0 aliphatic heterocycles. The third-order valence-corrected chi connectivity index (χ3v) is 7.66. The van der Waals surface area contributed by atoms with Gasteiger partial charge in [-0.05, 0) is 60.3 Å². The molecule has 3 amide bonds. The average molecular weight is 604 g/mol. The van der Waals surface area contributed by atoms with Crippen LogP contribution in [0.1, 0.15) is 48.5 Å². The van der Waals surface area contributed by atoms with Crippen molar-refractivity contribution in [2.45, 2.75) is 26.4 Å². The molecule has 0 radical (unpaired) electrons. The molecule has 43 heavy (non-hydrogen) atoms. The zero-order chi connectivity index (χ0) is 31.3. The highest BCUT2D eigenvalue weighted by Gasteiger charge is 2.37. The van der Waals surface area contributed by atoms with Crippen LogP contribution in [0.15, 0.2) is 60.7 Å². The summed E-state index contributed by atoms with van der Waals surface area (Å²) in [5.41, 5.74) is 14.6. The van der Waals surface area contributed by atoms with Crippen molar-refractivity contribution in [3.63, 3.8) is 0 Å². The van der Waals surface area contributed by atoms with Crippen molar-refractivity contribution in [2.24, 2.45) is 5.73 Å². The summed E-state index contributed by atoms with van der Waals surface area (Å²) >= 11 is 0.732. The molecule has 11 nitrogen and oxygen atoms in total. The zero-order valence-electron chi connectivity index (χ0n) is 24.5. The van der Waals surface area contributed by atoms with Gasteiger partial charge in [-0.3, -0.25) is 19.3 Å². The molecular weight excluding hydrogens is 570 g/mol. The van der Waals surface area contributed by atoms with Crippen LogP contribution >= 0.6 is 11.5 Å². The van der Waals surface area contributed by atoms with E-state index < -0.39 is 23.8 Å². The molecule has 3 aromatic carbocycles. The highest BCUT2D eigenvalue weighted by molar-refractivity contribution is 7.09. The Morgan fingerprint density at radius 3 is 2.14 bits per heavy atom. The summed E-state index contributed by atoms with van der Waals surface area (Å²) in [6, 6.07) is 16.8. The number of anilines is 2. The predicted octanol–water partition coefficient (Wildman–Crippen LogP) is 4.17. The van der Waals surface area contributed by atoms with Crippen LogP contribution in [0.3, 0.4) is 0 Å². The van der Waals surface area contributed by atoms with Crippen LogP contribution in [-0.4, -0.2) is 43.4 Å². The molecule has 0 saturated carbocycles. The molecule has 5 N–H and O–H groups in total. The Balaban J connectivity index is 1.96. The van der Waals surface area contributed by atoms with Gasteiger partial charge in [-0.15, -0.1) is 0 Å². The van der Waals surface area contributed by atoms with E-state index in [1.807, 2.05) is 56.3 Å². The standard InChI is InChI=1S/C31H33N5O6S/c1-17-11-12-21(18(2)13-17)36(31(39)28-24(32)25(29(33)37)35-43-28)26(30(38)34-16-19-9-7-6-8-10-19)20-14-22(40-3)27(42-5)23(15-20)41-4/h6-15,26H,16,32H2,1-5H3,(H2,33,37)(H,34,38)/t26-/m1/s1. The van der Waals surface area contributed by atoms with Crippen LogP contribution in [0, 0.1) is 13.8 Å². The lowest BCUT2D eigenvalue weighted by Gasteiger charge is -2.33. The Labute approximate surface area is 253 Å². The lowest BCUT2D eigenvalue weighted by atomic mass is 9.99. The second-order valence-corrected chi connectivity index (χ2v) is 10.4. The van der Waals surface area contributed by atoms with Crippen molar-refractivity contribution in [2.75, 3.05) is 32.0 Å². The maximum absolute atomic E-state index is 14.5. The van der Waals surface area contributed by atoms with Gasteiger partial charge < -0.3 is 31.0 Å². The summed E-state index contributed by atoms with van der Waals surface area (Å²) in [6.07, 6.45) is 0. The fraction of sp³-hybridized carbons (Fsp3) is 0.226. The minimum absolute atomic E-state index is 0.0397. The Morgan fingerprint density at radius 2 is 1.60 bits per heavy atom. The van der Waals surface area contributed by atoms with Gasteiger partial charge >= 0.3 is 0 Å². The molecule has 1 aromatic heterocycles. The zero-order valence-corrected chi connectivity index (χ0v) is 25.3. The van der Waals surface area contributed by atoms with Crippen LogP contribution in [0.2, 0.25) is 0 Å². The smallest absolute Gasteiger partial charge is 0.273 e. The number of primary amides is 1. The van der Waals surface area contributed by atoms with E-state index in [1.54, 1.807) is 18.2 Å². The van der Waals surface area contributed by atoms with Gasteiger partial charge in [-0.25, -0.2) is 0 Å². The molecule has 0 fully saturated rings. The number of hydrogen-bond acceptors (Lipinski definition) is 9. The van der Waals surface area contributed by atoms with E-state index in [9.17, 15) is 14.4 Å². The number of ether oxygens (including phenoxy) is 3. The molecule has 4 rings (SSSR count). The van der Waals surface area contributed by atoms with E-state index in [0.29, 0.717) is 28.5 Å². The molecule has 0 aliphatic rings. The van der Waals surface area contributed by atoms with Crippen molar-refractivity contribution >= 4 is 40.6 Å². The van der Waals surface area contributed by atoms with Gasteiger partial charge in [0.25, 0.3) is 11.8 Å². The SMILES string of the molecule is COc1cc([C@H](C(=O)NCc2ccccc2)N(C(=O)c2snc(C(N)=O)c2N)c2ccc(C)cc2C)cc(OC)c1OC. The number of aryl methyl sites for hydroxylation is 2. The van der Waals surface area contributed by atoms with Crippen molar-refractivity contribution in [1.82, 2.24) is 9.69 Å². The van der Waals surface area contributed by atoms with E-state index in [1.165, 1.54) is 26.2 Å². The van der Waals surface area contributed by atoms with Crippen LogP contribution in [0.5, 0.6) is 17.2 Å². The molecule has 1 atom stereocenters. The fourth-order valence-corrected chi connectivity index (χ4v) is 5.48. The first kappa shape index (κ1) is 30.8. The first-order valence-corrected chi connectivity index (χ1v) is 14.0. The summed E-state index contributed by atoms with van der Waals surface area (Å²) in [6.45, 7) is 3.96. The lowest BCUT2D eigenvalue weighted by Crippen LogP contribution is -2.44. The molecule has 0 aliphatic carbocycles. The van der Waals surface area contributed by atoms with Crippen molar-refractivity contribution in [3.8, 4) is 17.2 Å². The number of nitrogens with one attached hydrogen (secondary N) is 1. The Bertz CT molecular complexity index is 1630. The van der Waals surface area contributed by atoms with Gasteiger partial charge in [0, 0.05) is 12.2 Å². The lowest BCUT2D eigenvalue weighted by molar-refractivity contribution is -0.122. The number of benzene rings is 3. The third-order valence-electron chi connectivity index (χ3n) is 6.81. The van der Waals surface area contributed by atoms with Crippen LogP contribution in [0.4, 0.5) is 11.4 Å². The molecule has 0 bridgehead atoms. The average Bonchev–Trinajstić information content (AvgIpc) is 3.40. The number of aromatic nitrogens is 1. The topological polar surface area (TPSA) is 159 Å². The minimum atomic E-state index is -1.26. The van der Waals surface area contributed by atoms with Crippen molar-refractivity contribution in [1.29, 1.82) is 0 Å². The number of carbonyl (C=O) groups is 3. The molecule has 224 valence electrons. The maximum atomic E-state index is 14.5. The van der Waals surface area contributed by atoms with Gasteiger partial charge in [0.15, 0.2) is 17.2 Å². The number of rotatable bonds is 11. The van der Waals surface area contributed by atoms with Gasteiger partial charge in [0.05, 0.1) is 27.0 Å². The number of nitrogens with two attached hydrogens (primary N) is 2. The van der Waals surface area contributed by atoms with E-state index in [2.05, 4.69) is 9.69 Å². The van der Waals surface area contributed by atoms with E-state index >= 15 is 0 Å². The monoisotopic (exact) mass is 603 g/mol. The van der Waals surface area contributed by atoms with Gasteiger partial charge in [0.2, 0.25) is 11.7 Å².